The summed E-state index contributed by atoms with van der Waals surface area (Å²) in [6, 6.07) is 6.03. The number of carbonyl (C=O) groups is 1. The lowest BCUT2D eigenvalue weighted by Crippen LogP contribution is -2.15. The molecule has 0 unspecified atom stereocenters. The number of allylic oxidation sites excluding steroid dienone is 1. The van der Waals surface area contributed by atoms with Crippen LogP contribution in [0.25, 0.3) is 0 Å². The maximum Gasteiger partial charge on any atom is 0.234 e. The summed E-state index contributed by atoms with van der Waals surface area (Å²) >= 11 is 1.42. The van der Waals surface area contributed by atoms with Gasteiger partial charge in [0.2, 0.25) is 5.91 Å². The first kappa shape index (κ1) is 16.8. The Morgan fingerprint density at radius 1 is 1.33 bits per heavy atom. The summed E-state index contributed by atoms with van der Waals surface area (Å²) < 4.78 is 2.07. The number of anilines is 1. The predicted octanol–water partition coefficient (Wildman–Crippen LogP) is 3.69. The minimum absolute atomic E-state index is 0.0360. The standard InChI is InChI=1S/C18H22N4OS/c1-4-7-22-17(14-5-6-14)20-21-18(22)24-11-16(23)19-15-9-12(2)8-13(3)10-15/h4,8-10,14H,1,5-7,11H2,2-3H3,(H,19,23). The van der Waals surface area contributed by atoms with Crippen LogP contribution in [0.4, 0.5) is 5.69 Å². The highest BCUT2D eigenvalue weighted by molar-refractivity contribution is 7.99. The first-order valence-electron chi connectivity index (χ1n) is 8.11. The fraction of sp³-hybridized carbons (Fsp3) is 0.389. The molecule has 3 rings (SSSR count). The van der Waals surface area contributed by atoms with Crippen molar-refractivity contribution in [3.05, 3.63) is 47.8 Å². The number of aryl methyl sites for hydroxylation is 2. The van der Waals surface area contributed by atoms with Crippen molar-refractivity contribution in [3.8, 4) is 0 Å². The first-order chi connectivity index (χ1) is 11.6. The van der Waals surface area contributed by atoms with Gasteiger partial charge in [0.25, 0.3) is 0 Å². The highest BCUT2D eigenvalue weighted by Crippen LogP contribution is 2.40. The number of thioether (sulfide) groups is 1. The van der Waals surface area contributed by atoms with Gasteiger partial charge in [-0.3, -0.25) is 4.79 Å². The molecular weight excluding hydrogens is 320 g/mol. The first-order valence-corrected chi connectivity index (χ1v) is 9.10. The monoisotopic (exact) mass is 342 g/mol. The van der Waals surface area contributed by atoms with Crippen LogP contribution in [0, 0.1) is 13.8 Å². The lowest BCUT2D eigenvalue weighted by atomic mass is 10.1. The van der Waals surface area contributed by atoms with Crippen molar-refractivity contribution in [2.45, 2.75) is 44.3 Å². The van der Waals surface area contributed by atoms with Gasteiger partial charge >= 0.3 is 0 Å². The van der Waals surface area contributed by atoms with Gasteiger partial charge in [-0.25, -0.2) is 0 Å². The molecule has 1 aromatic carbocycles. The number of aromatic nitrogens is 3. The van der Waals surface area contributed by atoms with Crippen LogP contribution < -0.4 is 5.32 Å². The van der Waals surface area contributed by atoms with E-state index in [1.807, 2.05) is 32.1 Å². The average Bonchev–Trinajstić information content (AvgIpc) is 3.27. The summed E-state index contributed by atoms with van der Waals surface area (Å²) in [7, 11) is 0. The van der Waals surface area contributed by atoms with Crippen LogP contribution in [0.1, 0.15) is 35.7 Å². The summed E-state index contributed by atoms with van der Waals surface area (Å²) in [6.07, 6.45) is 4.19. The molecule has 0 atom stereocenters. The lowest BCUT2D eigenvalue weighted by molar-refractivity contribution is -0.113. The molecular formula is C18H22N4OS. The highest BCUT2D eigenvalue weighted by atomic mass is 32.2. The molecule has 2 aromatic rings. The maximum absolute atomic E-state index is 12.2. The second kappa shape index (κ2) is 7.21. The maximum atomic E-state index is 12.2. The third-order valence-electron chi connectivity index (χ3n) is 3.84. The Hall–Kier alpha value is -2.08. The van der Waals surface area contributed by atoms with Crippen molar-refractivity contribution in [2.75, 3.05) is 11.1 Å². The zero-order chi connectivity index (χ0) is 17.1. The average molecular weight is 342 g/mol. The molecule has 1 fully saturated rings. The van der Waals surface area contributed by atoms with Crippen LogP contribution in [-0.2, 0) is 11.3 Å². The third-order valence-corrected chi connectivity index (χ3v) is 4.80. The quantitative estimate of drug-likeness (QED) is 0.616. The van der Waals surface area contributed by atoms with Gasteiger partial charge in [-0.1, -0.05) is 23.9 Å². The predicted molar refractivity (Wildman–Crippen MR) is 97.5 cm³/mol. The summed E-state index contributed by atoms with van der Waals surface area (Å²) in [5, 5.41) is 12.3. The van der Waals surface area contributed by atoms with E-state index in [9.17, 15) is 4.79 Å². The Kier molecular flexibility index (Phi) is 5.04. The van der Waals surface area contributed by atoms with Gasteiger partial charge in [-0.15, -0.1) is 16.8 Å². The number of rotatable bonds is 7. The van der Waals surface area contributed by atoms with Crippen LogP contribution in [0.15, 0.2) is 36.0 Å². The van der Waals surface area contributed by atoms with E-state index in [-0.39, 0.29) is 5.91 Å². The minimum atomic E-state index is -0.0360. The molecule has 0 radical (unpaired) electrons. The Morgan fingerprint density at radius 2 is 2.04 bits per heavy atom. The zero-order valence-electron chi connectivity index (χ0n) is 14.1. The topological polar surface area (TPSA) is 59.8 Å². The number of nitrogens with zero attached hydrogens (tertiary/aromatic N) is 3. The molecule has 6 heteroatoms. The van der Waals surface area contributed by atoms with Crippen LogP contribution in [0.3, 0.4) is 0 Å². The van der Waals surface area contributed by atoms with E-state index in [0.717, 1.165) is 27.8 Å². The molecule has 24 heavy (non-hydrogen) atoms. The van der Waals surface area contributed by atoms with E-state index < -0.39 is 0 Å². The Bertz CT molecular complexity index is 744. The van der Waals surface area contributed by atoms with E-state index in [0.29, 0.717) is 18.2 Å². The molecule has 1 aliphatic rings. The molecule has 0 aliphatic heterocycles. The number of hydrogen-bond donors (Lipinski definition) is 1. The molecule has 1 aromatic heterocycles. The van der Waals surface area contributed by atoms with Crippen molar-refractivity contribution >= 4 is 23.4 Å². The van der Waals surface area contributed by atoms with Crippen LogP contribution >= 0.6 is 11.8 Å². The van der Waals surface area contributed by atoms with Crippen molar-refractivity contribution in [1.82, 2.24) is 14.8 Å². The van der Waals surface area contributed by atoms with Crippen LogP contribution in [0.2, 0.25) is 0 Å². The molecule has 5 nitrogen and oxygen atoms in total. The molecule has 1 N–H and O–H groups in total. The fourth-order valence-corrected chi connectivity index (χ4v) is 3.48. The number of benzene rings is 1. The highest BCUT2D eigenvalue weighted by Gasteiger charge is 2.30. The minimum Gasteiger partial charge on any atom is -0.325 e. The van der Waals surface area contributed by atoms with E-state index in [4.69, 9.17) is 0 Å². The molecule has 1 saturated carbocycles. The number of carbonyl (C=O) groups excluding carboxylic acids is 1. The number of hydrogen-bond acceptors (Lipinski definition) is 4. The van der Waals surface area contributed by atoms with E-state index >= 15 is 0 Å². The Labute approximate surface area is 146 Å². The van der Waals surface area contributed by atoms with Gasteiger partial charge in [0, 0.05) is 18.2 Å². The lowest BCUT2D eigenvalue weighted by Gasteiger charge is -2.08. The number of amides is 1. The van der Waals surface area contributed by atoms with Crippen LogP contribution in [0.5, 0.6) is 0 Å². The fourth-order valence-electron chi connectivity index (χ4n) is 2.73. The second-order valence-electron chi connectivity index (χ2n) is 6.23. The number of nitrogens with one attached hydrogen (secondary N) is 1. The van der Waals surface area contributed by atoms with E-state index in [1.165, 1.54) is 24.6 Å². The molecule has 1 heterocycles. The second-order valence-corrected chi connectivity index (χ2v) is 7.17. The van der Waals surface area contributed by atoms with Gasteiger partial charge < -0.3 is 9.88 Å². The molecule has 1 aliphatic carbocycles. The van der Waals surface area contributed by atoms with E-state index in [2.05, 4.69) is 32.7 Å². The molecule has 1 amide bonds. The van der Waals surface area contributed by atoms with Crippen molar-refractivity contribution in [2.24, 2.45) is 0 Å². The summed E-state index contributed by atoms with van der Waals surface area (Å²) in [5.41, 5.74) is 3.11. The SMILES string of the molecule is C=CCn1c(SCC(=O)Nc2cc(C)cc(C)c2)nnc1C1CC1. The summed E-state index contributed by atoms with van der Waals surface area (Å²) in [4.78, 5) is 12.2. The Balaban J connectivity index is 1.62. The molecule has 0 spiro atoms. The van der Waals surface area contributed by atoms with Gasteiger partial charge in [0.1, 0.15) is 5.82 Å². The molecule has 126 valence electrons. The molecule has 0 saturated heterocycles. The summed E-state index contributed by atoms with van der Waals surface area (Å²) in [6.45, 7) is 8.53. The van der Waals surface area contributed by atoms with Crippen molar-refractivity contribution in [3.63, 3.8) is 0 Å². The largest absolute Gasteiger partial charge is 0.325 e. The van der Waals surface area contributed by atoms with Gasteiger partial charge in [0.05, 0.1) is 5.75 Å². The third kappa shape index (κ3) is 4.06. The van der Waals surface area contributed by atoms with E-state index in [1.54, 1.807) is 0 Å². The van der Waals surface area contributed by atoms with Crippen LogP contribution in [-0.4, -0.2) is 26.4 Å². The normalized spacial score (nSPS) is 13.8. The molecule has 0 bridgehead atoms. The van der Waals surface area contributed by atoms with Crippen molar-refractivity contribution in [1.29, 1.82) is 0 Å². The van der Waals surface area contributed by atoms with Gasteiger partial charge in [0.15, 0.2) is 5.16 Å². The van der Waals surface area contributed by atoms with Gasteiger partial charge in [-0.05, 0) is 49.9 Å². The summed E-state index contributed by atoms with van der Waals surface area (Å²) in [5.74, 6) is 1.82. The van der Waals surface area contributed by atoms with Gasteiger partial charge in [-0.2, -0.15) is 0 Å². The Morgan fingerprint density at radius 3 is 2.67 bits per heavy atom. The zero-order valence-corrected chi connectivity index (χ0v) is 14.9. The van der Waals surface area contributed by atoms with Crippen molar-refractivity contribution < 1.29 is 4.79 Å². The smallest absolute Gasteiger partial charge is 0.234 e.